The maximum Gasteiger partial charge on any atom is 0.191 e. The Morgan fingerprint density at radius 3 is 2.50 bits per heavy atom. The van der Waals surface area contributed by atoms with Crippen LogP contribution in [0.4, 0.5) is 0 Å². The zero-order valence-corrected chi connectivity index (χ0v) is 19.2. The molecule has 0 aromatic heterocycles. The Morgan fingerprint density at radius 2 is 1.80 bits per heavy atom. The first-order chi connectivity index (χ1) is 14.7. The highest BCUT2D eigenvalue weighted by Gasteiger charge is 2.20. The third kappa shape index (κ3) is 7.25. The standard InChI is InChI=1S/C24H41N5O/c1-4-25-24(26-17-21(3)29-11-9-20(2)10-12-29)27-18-22-7-5-6-8-23(22)19-28-13-15-30-16-14-28/h5-8,20-21H,4,9-19H2,1-3H3,(H2,25,26,27). The summed E-state index contributed by atoms with van der Waals surface area (Å²) in [6, 6.07) is 9.22. The van der Waals surface area contributed by atoms with Crippen molar-refractivity contribution >= 4 is 5.96 Å². The Labute approximate surface area is 183 Å². The normalized spacial score (nSPS) is 20.8. The molecule has 0 spiro atoms. The van der Waals surface area contributed by atoms with Gasteiger partial charge in [0.2, 0.25) is 0 Å². The minimum Gasteiger partial charge on any atom is -0.379 e. The topological polar surface area (TPSA) is 52.1 Å². The summed E-state index contributed by atoms with van der Waals surface area (Å²) in [6.45, 7) is 16.4. The number of ether oxygens (including phenoxy) is 1. The number of piperidine rings is 1. The summed E-state index contributed by atoms with van der Waals surface area (Å²) in [4.78, 5) is 9.97. The molecule has 0 saturated carbocycles. The Balaban J connectivity index is 1.55. The summed E-state index contributed by atoms with van der Waals surface area (Å²) < 4.78 is 5.49. The van der Waals surface area contributed by atoms with Gasteiger partial charge in [-0.25, -0.2) is 4.99 Å². The molecule has 0 radical (unpaired) electrons. The summed E-state index contributed by atoms with van der Waals surface area (Å²) in [5.41, 5.74) is 2.68. The van der Waals surface area contributed by atoms with Gasteiger partial charge in [-0.3, -0.25) is 9.80 Å². The molecule has 1 aromatic carbocycles. The first-order valence-electron chi connectivity index (χ1n) is 11.8. The van der Waals surface area contributed by atoms with Gasteiger partial charge in [0.25, 0.3) is 0 Å². The lowest BCUT2D eigenvalue weighted by atomic mass is 9.98. The van der Waals surface area contributed by atoms with Crippen LogP contribution in [-0.4, -0.2) is 74.3 Å². The van der Waals surface area contributed by atoms with Crippen molar-refractivity contribution in [2.45, 2.75) is 52.7 Å². The van der Waals surface area contributed by atoms with Crippen molar-refractivity contribution in [2.24, 2.45) is 10.9 Å². The second-order valence-electron chi connectivity index (χ2n) is 8.80. The summed E-state index contributed by atoms with van der Waals surface area (Å²) in [7, 11) is 0. The fourth-order valence-electron chi connectivity index (χ4n) is 4.21. The molecule has 1 aromatic rings. The average Bonchev–Trinajstić information content (AvgIpc) is 2.77. The smallest absolute Gasteiger partial charge is 0.191 e. The summed E-state index contributed by atoms with van der Waals surface area (Å²) in [6.07, 6.45) is 2.64. The second kappa shape index (κ2) is 12.3. The molecule has 168 valence electrons. The van der Waals surface area contributed by atoms with E-state index in [1.54, 1.807) is 0 Å². The van der Waals surface area contributed by atoms with E-state index < -0.39 is 0 Å². The van der Waals surface area contributed by atoms with E-state index in [9.17, 15) is 0 Å². The van der Waals surface area contributed by atoms with Crippen molar-refractivity contribution in [3.63, 3.8) is 0 Å². The van der Waals surface area contributed by atoms with Crippen LogP contribution in [0.3, 0.4) is 0 Å². The minimum atomic E-state index is 0.523. The molecule has 2 N–H and O–H groups in total. The van der Waals surface area contributed by atoms with Gasteiger partial charge in [-0.15, -0.1) is 0 Å². The van der Waals surface area contributed by atoms with Crippen LogP contribution < -0.4 is 10.6 Å². The number of nitrogens with zero attached hydrogens (tertiary/aromatic N) is 3. The molecule has 1 atom stereocenters. The number of hydrogen-bond acceptors (Lipinski definition) is 4. The molecule has 6 heteroatoms. The van der Waals surface area contributed by atoms with Crippen LogP contribution in [0.5, 0.6) is 0 Å². The monoisotopic (exact) mass is 415 g/mol. The van der Waals surface area contributed by atoms with E-state index >= 15 is 0 Å². The van der Waals surface area contributed by atoms with Gasteiger partial charge in [0.1, 0.15) is 0 Å². The third-order valence-electron chi connectivity index (χ3n) is 6.37. The van der Waals surface area contributed by atoms with E-state index in [1.807, 2.05) is 0 Å². The minimum absolute atomic E-state index is 0.523. The molecule has 2 aliphatic rings. The molecule has 2 aliphatic heterocycles. The van der Waals surface area contributed by atoms with E-state index in [0.29, 0.717) is 12.6 Å². The Kier molecular flexibility index (Phi) is 9.43. The predicted octanol–water partition coefficient (Wildman–Crippen LogP) is 2.69. The molecule has 2 fully saturated rings. The lowest BCUT2D eigenvalue weighted by Gasteiger charge is -2.35. The molecule has 0 aliphatic carbocycles. The fraction of sp³-hybridized carbons (Fsp3) is 0.708. The quantitative estimate of drug-likeness (QED) is 0.505. The molecule has 30 heavy (non-hydrogen) atoms. The molecular weight excluding hydrogens is 374 g/mol. The van der Waals surface area contributed by atoms with E-state index in [2.05, 4.69) is 65.5 Å². The van der Waals surface area contributed by atoms with Gasteiger partial charge in [-0.1, -0.05) is 31.2 Å². The fourth-order valence-corrected chi connectivity index (χ4v) is 4.21. The third-order valence-corrected chi connectivity index (χ3v) is 6.37. The first kappa shape index (κ1) is 23.0. The first-order valence-corrected chi connectivity index (χ1v) is 11.8. The molecule has 6 nitrogen and oxygen atoms in total. The van der Waals surface area contributed by atoms with Gasteiger partial charge < -0.3 is 15.4 Å². The number of guanidine groups is 1. The van der Waals surface area contributed by atoms with Gasteiger partial charge in [-0.2, -0.15) is 0 Å². The molecule has 2 heterocycles. The van der Waals surface area contributed by atoms with Crippen molar-refractivity contribution < 1.29 is 4.74 Å². The SMILES string of the molecule is CCNC(=NCc1ccccc1CN1CCOCC1)NCC(C)N1CCC(C)CC1. The largest absolute Gasteiger partial charge is 0.379 e. The maximum absolute atomic E-state index is 5.49. The molecular formula is C24H41N5O. The van der Waals surface area contributed by atoms with Crippen LogP contribution >= 0.6 is 0 Å². The van der Waals surface area contributed by atoms with Gasteiger partial charge in [0, 0.05) is 38.8 Å². The van der Waals surface area contributed by atoms with Crippen molar-refractivity contribution in [1.29, 1.82) is 0 Å². The summed E-state index contributed by atoms with van der Waals surface area (Å²) in [5, 5.41) is 6.98. The van der Waals surface area contributed by atoms with E-state index in [-0.39, 0.29) is 0 Å². The Hall–Kier alpha value is -1.63. The number of likely N-dealkylation sites (tertiary alicyclic amines) is 1. The zero-order chi connectivity index (χ0) is 21.2. The number of rotatable bonds is 8. The van der Waals surface area contributed by atoms with Crippen molar-refractivity contribution in [2.75, 3.05) is 52.5 Å². The average molecular weight is 416 g/mol. The lowest BCUT2D eigenvalue weighted by molar-refractivity contribution is 0.0341. The van der Waals surface area contributed by atoms with Crippen LogP contribution in [-0.2, 0) is 17.8 Å². The highest BCUT2D eigenvalue weighted by atomic mass is 16.5. The molecule has 0 amide bonds. The number of hydrogen-bond donors (Lipinski definition) is 2. The highest BCUT2D eigenvalue weighted by Crippen LogP contribution is 2.18. The van der Waals surface area contributed by atoms with Gasteiger partial charge >= 0.3 is 0 Å². The van der Waals surface area contributed by atoms with Gasteiger partial charge in [0.05, 0.1) is 19.8 Å². The van der Waals surface area contributed by atoms with Crippen molar-refractivity contribution in [3.05, 3.63) is 35.4 Å². The van der Waals surface area contributed by atoms with E-state index in [1.165, 1.54) is 37.1 Å². The summed E-state index contributed by atoms with van der Waals surface area (Å²) in [5.74, 6) is 1.79. The van der Waals surface area contributed by atoms with Crippen LogP contribution in [0.1, 0.15) is 44.7 Å². The number of aliphatic imine (C=N–C) groups is 1. The number of benzene rings is 1. The molecule has 1 unspecified atom stereocenters. The van der Waals surface area contributed by atoms with E-state index in [0.717, 1.165) is 57.8 Å². The maximum atomic E-state index is 5.49. The van der Waals surface area contributed by atoms with Crippen LogP contribution in [0.15, 0.2) is 29.3 Å². The predicted molar refractivity (Wildman–Crippen MR) is 125 cm³/mol. The molecule has 0 bridgehead atoms. The van der Waals surface area contributed by atoms with Crippen LogP contribution in [0.2, 0.25) is 0 Å². The van der Waals surface area contributed by atoms with E-state index in [4.69, 9.17) is 9.73 Å². The van der Waals surface area contributed by atoms with Crippen molar-refractivity contribution in [3.8, 4) is 0 Å². The lowest BCUT2D eigenvalue weighted by Crippen LogP contribution is -2.48. The van der Waals surface area contributed by atoms with Gasteiger partial charge in [-0.05, 0) is 56.8 Å². The highest BCUT2D eigenvalue weighted by molar-refractivity contribution is 5.79. The van der Waals surface area contributed by atoms with Crippen molar-refractivity contribution in [1.82, 2.24) is 20.4 Å². The zero-order valence-electron chi connectivity index (χ0n) is 19.2. The second-order valence-corrected chi connectivity index (χ2v) is 8.80. The Morgan fingerprint density at radius 1 is 1.10 bits per heavy atom. The molecule has 2 saturated heterocycles. The Bertz CT molecular complexity index is 651. The van der Waals surface area contributed by atoms with Crippen LogP contribution in [0.25, 0.3) is 0 Å². The molecule has 3 rings (SSSR count). The number of morpholine rings is 1. The number of nitrogens with one attached hydrogen (secondary N) is 2. The van der Waals surface area contributed by atoms with Crippen LogP contribution in [0, 0.1) is 5.92 Å². The summed E-state index contributed by atoms with van der Waals surface area (Å²) >= 11 is 0. The van der Waals surface area contributed by atoms with Gasteiger partial charge in [0.15, 0.2) is 5.96 Å².